The fourth-order valence-electron chi connectivity index (χ4n) is 4.62. The van der Waals surface area contributed by atoms with E-state index in [4.69, 9.17) is 4.74 Å². The molecule has 1 aliphatic rings. The molecule has 2 aromatic heterocycles. The van der Waals surface area contributed by atoms with Crippen molar-refractivity contribution >= 4 is 23.2 Å². The van der Waals surface area contributed by atoms with Crippen LogP contribution in [0.1, 0.15) is 28.4 Å². The summed E-state index contributed by atoms with van der Waals surface area (Å²) in [4.78, 5) is 42.6. The number of aryl methyl sites for hydroxylation is 1. The van der Waals surface area contributed by atoms with Gasteiger partial charge in [0.15, 0.2) is 5.65 Å². The molecule has 0 radical (unpaired) electrons. The lowest BCUT2D eigenvalue weighted by Gasteiger charge is -2.13. The number of likely N-dealkylation sites (tertiary alicyclic amines) is 1. The number of carboxylic acid groups (broad SMARTS) is 1. The van der Waals surface area contributed by atoms with Crippen LogP contribution in [0.4, 0.5) is 4.79 Å². The molecule has 0 spiro atoms. The number of hydrogen-bond donors (Lipinski definition) is 1. The number of carbonyl (C=O) groups is 2. The zero-order valence-corrected chi connectivity index (χ0v) is 19.3. The lowest BCUT2D eigenvalue weighted by Crippen LogP contribution is -2.31. The minimum atomic E-state index is -0.983. The molecule has 2 aromatic carbocycles. The summed E-state index contributed by atoms with van der Waals surface area (Å²) in [5, 5.41) is 9.35. The van der Waals surface area contributed by atoms with Gasteiger partial charge in [0.05, 0.1) is 29.9 Å². The quantitative estimate of drug-likeness (QED) is 0.452. The highest BCUT2D eigenvalue weighted by Gasteiger charge is 2.31. The number of carbonyl (C=O) groups excluding carboxylic acids is 1. The van der Waals surface area contributed by atoms with Crippen molar-refractivity contribution in [2.75, 3.05) is 20.2 Å². The van der Waals surface area contributed by atoms with Crippen LogP contribution in [0.15, 0.2) is 65.6 Å². The number of pyridine rings is 1. The summed E-state index contributed by atoms with van der Waals surface area (Å²) in [5.41, 5.74) is 4.92. The monoisotopic (exact) mass is 472 g/mol. The van der Waals surface area contributed by atoms with Gasteiger partial charge < -0.3 is 14.7 Å². The number of benzene rings is 2. The first-order valence-electron chi connectivity index (χ1n) is 11.2. The van der Waals surface area contributed by atoms with E-state index in [1.807, 2.05) is 49.4 Å². The number of nitrogens with zero attached hydrogens (tertiary/aromatic N) is 4. The van der Waals surface area contributed by atoms with Crippen LogP contribution in [0.5, 0.6) is 0 Å². The minimum Gasteiger partial charge on any atom is -0.465 e. The zero-order chi connectivity index (χ0) is 24.7. The maximum Gasteiger partial charge on any atom is 0.407 e. The maximum absolute atomic E-state index is 13.6. The Kier molecular flexibility index (Phi) is 5.60. The summed E-state index contributed by atoms with van der Waals surface area (Å²) in [5.74, 6) is -0.389. The second-order valence-corrected chi connectivity index (χ2v) is 8.63. The first-order valence-corrected chi connectivity index (χ1v) is 11.2. The standard InChI is InChI=1S/C26H24N4O5/c1-16-13-22-23(27-14-16)30(21-11-12-28(15-21)26(33)34)25(32)29(22)20-9-7-18(8-10-20)17-3-5-19(6-4-17)24(31)35-2/h3-10,13-14,21H,11-12,15H2,1-2H3,(H,33,34)/t21-/m0/s1. The van der Waals surface area contributed by atoms with Crippen molar-refractivity contribution in [2.45, 2.75) is 19.4 Å². The number of amides is 1. The third kappa shape index (κ3) is 3.95. The van der Waals surface area contributed by atoms with E-state index < -0.39 is 6.09 Å². The molecule has 3 heterocycles. The molecule has 35 heavy (non-hydrogen) atoms. The molecule has 1 N–H and O–H groups in total. The van der Waals surface area contributed by atoms with E-state index in [9.17, 15) is 19.5 Å². The molecular weight excluding hydrogens is 448 g/mol. The van der Waals surface area contributed by atoms with Gasteiger partial charge in [0.2, 0.25) is 0 Å². The predicted molar refractivity (Wildman–Crippen MR) is 130 cm³/mol. The highest BCUT2D eigenvalue weighted by Crippen LogP contribution is 2.27. The summed E-state index contributed by atoms with van der Waals surface area (Å²) in [7, 11) is 1.35. The van der Waals surface area contributed by atoms with Gasteiger partial charge in [-0.15, -0.1) is 0 Å². The van der Waals surface area contributed by atoms with E-state index in [2.05, 4.69) is 4.98 Å². The van der Waals surface area contributed by atoms with Gasteiger partial charge in [-0.3, -0.25) is 9.13 Å². The Morgan fingerprint density at radius 1 is 1.06 bits per heavy atom. The maximum atomic E-state index is 13.6. The Bertz CT molecular complexity index is 1490. The number of fused-ring (bicyclic) bond motifs is 1. The molecule has 1 atom stereocenters. The van der Waals surface area contributed by atoms with Gasteiger partial charge in [0.25, 0.3) is 0 Å². The van der Waals surface area contributed by atoms with Gasteiger partial charge in [-0.2, -0.15) is 0 Å². The third-order valence-electron chi connectivity index (χ3n) is 6.41. The molecule has 9 heteroatoms. The Labute approximate surface area is 200 Å². The molecular formula is C26H24N4O5. The van der Waals surface area contributed by atoms with E-state index in [0.717, 1.165) is 16.7 Å². The second kappa shape index (κ2) is 8.75. The normalized spacial score (nSPS) is 15.5. The minimum absolute atomic E-state index is 0.245. The number of imidazole rings is 1. The van der Waals surface area contributed by atoms with Gasteiger partial charge in [-0.05, 0) is 60.4 Å². The second-order valence-electron chi connectivity index (χ2n) is 8.63. The SMILES string of the molecule is COC(=O)c1ccc(-c2ccc(-n3c(=O)n([C@H]4CCN(C(=O)O)C4)c4ncc(C)cc43)cc2)cc1. The van der Waals surface area contributed by atoms with Gasteiger partial charge in [-0.1, -0.05) is 24.3 Å². The molecule has 1 aliphatic heterocycles. The van der Waals surface area contributed by atoms with Crippen LogP contribution in [-0.2, 0) is 4.74 Å². The molecule has 1 saturated heterocycles. The van der Waals surface area contributed by atoms with Crippen molar-refractivity contribution in [1.82, 2.24) is 19.0 Å². The Morgan fingerprint density at radius 3 is 2.31 bits per heavy atom. The van der Waals surface area contributed by atoms with E-state index >= 15 is 0 Å². The van der Waals surface area contributed by atoms with Crippen LogP contribution in [0.3, 0.4) is 0 Å². The highest BCUT2D eigenvalue weighted by atomic mass is 16.5. The number of aromatic nitrogens is 3. The fourth-order valence-corrected chi connectivity index (χ4v) is 4.62. The number of ether oxygens (including phenoxy) is 1. The van der Waals surface area contributed by atoms with Crippen LogP contribution in [0.25, 0.3) is 28.0 Å². The van der Waals surface area contributed by atoms with Crippen LogP contribution in [-0.4, -0.2) is 56.4 Å². The molecule has 0 bridgehead atoms. The summed E-state index contributed by atoms with van der Waals surface area (Å²) in [6.45, 7) is 2.56. The Hall–Kier alpha value is -4.40. The number of esters is 1. The van der Waals surface area contributed by atoms with Gasteiger partial charge in [0, 0.05) is 19.3 Å². The average Bonchev–Trinajstić information content (AvgIpc) is 3.46. The number of rotatable bonds is 4. The van der Waals surface area contributed by atoms with Crippen molar-refractivity contribution < 1.29 is 19.4 Å². The zero-order valence-electron chi connectivity index (χ0n) is 19.3. The number of methoxy groups -OCH3 is 1. The molecule has 4 aromatic rings. The van der Waals surface area contributed by atoms with Crippen LogP contribution >= 0.6 is 0 Å². The molecule has 5 rings (SSSR count). The molecule has 0 unspecified atom stereocenters. The van der Waals surface area contributed by atoms with Gasteiger partial charge in [-0.25, -0.2) is 19.4 Å². The molecule has 0 aliphatic carbocycles. The Balaban J connectivity index is 1.54. The summed E-state index contributed by atoms with van der Waals surface area (Å²) in [6, 6.07) is 16.3. The van der Waals surface area contributed by atoms with Gasteiger partial charge in [0.1, 0.15) is 0 Å². The van der Waals surface area contributed by atoms with Crippen molar-refractivity contribution in [3.8, 4) is 16.8 Å². The smallest absolute Gasteiger partial charge is 0.407 e. The first kappa shape index (κ1) is 22.4. The third-order valence-corrected chi connectivity index (χ3v) is 6.41. The highest BCUT2D eigenvalue weighted by molar-refractivity contribution is 5.90. The summed E-state index contributed by atoms with van der Waals surface area (Å²) < 4.78 is 8.00. The lowest BCUT2D eigenvalue weighted by atomic mass is 10.0. The number of hydrogen-bond acceptors (Lipinski definition) is 5. The van der Waals surface area contributed by atoms with Crippen molar-refractivity contribution in [2.24, 2.45) is 0 Å². The predicted octanol–water partition coefficient (Wildman–Crippen LogP) is 3.87. The molecule has 1 fully saturated rings. The summed E-state index contributed by atoms with van der Waals surface area (Å²) >= 11 is 0. The van der Waals surface area contributed by atoms with Gasteiger partial charge >= 0.3 is 17.8 Å². The van der Waals surface area contributed by atoms with E-state index in [-0.39, 0.29) is 24.2 Å². The molecule has 178 valence electrons. The molecule has 0 saturated carbocycles. The topological polar surface area (TPSA) is 107 Å². The van der Waals surface area contributed by atoms with Crippen molar-refractivity contribution in [1.29, 1.82) is 0 Å². The van der Waals surface area contributed by atoms with Crippen LogP contribution in [0, 0.1) is 6.92 Å². The largest absolute Gasteiger partial charge is 0.465 e. The van der Waals surface area contributed by atoms with E-state index in [0.29, 0.717) is 35.4 Å². The van der Waals surface area contributed by atoms with E-state index in [1.165, 1.54) is 12.0 Å². The lowest BCUT2D eigenvalue weighted by molar-refractivity contribution is 0.0600. The molecule has 1 amide bonds. The average molecular weight is 473 g/mol. The van der Waals surface area contributed by atoms with Crippen LogP contribution < -0.4 is 5.69 Å². The first-order chi connectivity index (χ1) is 16.9. The summed E-state index contributed by atoms with van der Waals surface area (Å²) in [6.07, 6.45) is 1.29. The van der Waals surface area contributed by atoms with Crippen molar-refractivity contribution in [3.63, 3.8) is 0 Å². The van der Waals surface area contributed by atoms with Crippen LogP contribution in [0.2, 0.25) is 0 Å². The van der Waals surface area contributed by atoms with Crippen molar-refractivity contribution in [3.05, 3.63) is 82.4 Å². The fraction of sp³-hybridized carbons (Fsp3) is 0.231. The Morgan fingerprint density at radius 2 is 1.71 bits per heavy atom. The van der Waals surface area contributed by atoms with E-state index in [1.54, 1.807) is 27.5 Å². The molecule has 9 nitrogen and oxygen atoms in total.